The SMILES string of the molecule is CCOC(=O)Oc1ccc(C(=O)Nc2ccc(NC(=O)/C=C(\C)C(C)(C)C)cc2)cc1. The van der Waals surface area contributed by atoms with Gasteiger partial charge in [-0.15, -0.1) is 0 Å². The number of amides is 2. The van der Waals surface area contributed by atoms with Crippen LogP contribution in [0.5, 0.6) is 5.75 Å². The zero-order valence-corrected chi connectivity index (χ0v) is 18.4. The van der Waals surface area contributed by atoms with Crippen LogP contribution in [0, 0.1) is 5.41 Å². The number of carbonyl (C=O) groups is 3. The molecule has 2 rings (SSSR count). The van der Waals surface area contributed by atoms with E-state index in [0.29, 0.717) is 16.9 Å². The summed E-state index contributed by atoms with van der Waals surface area (Å²) in [4.78, 5) is 35.9. The number of hydrogen-bond donors (Lipinski definition) is 2. The minimum Gasteiger partial charge on any atom is -0.434 e. The van der Waals surface area contributed by atoms with Crippen LogP contribution in [0.25, 0.3) is 0 Å². The van der Waals surface area contributed by atoms with E-state index < -0.39 is 6.16 Å². The summed E-state index contributed by atoms with van der Waals surface area (Å²) in [6.45, 7) is 9.96. The highest BCUT2D eigenvalue weighted by molar-refractivity contribution is 6.04. The summed E-state index contributed by atoms with van der Waals surface area (Å²) in [6, 6.07) is 12.9. The van der Waals surface area contributed by atoms with E-state index in [9.17, 15) is 14.4 Å². The average molecular weight is 424 g/mol. The van der Waals surface area contributed by atoms with Crippen molar-refractivity contribution < 1.29 is 23.9 Å². The molecule has 2 aromatic rings. The molecule has 0 aliphatic carbocycles. The van der Waals surface area contributed by atoms with E-state index in [1.807, 2.05) is 27.7 Å². The van der Waals surface area contributed by atoms with Gasteiger partial charge in [0.2, 0.25) is 5.91 Å². The summed E-state index contributed by atoms with van der Waals surface area (Å²) in [7, 11) is 0. The van der Waals surface area contributed by atoms with Crippen LogP contribution < -0.4 is 15.4 Å². The topological polar surface area (TPSA) is 93.7 Å². The molecule has 0 fully saturated rings. The van der Waals surface area contributed by atoms with Gasteiger partial charge in [0.1, 0.15) is 5.75 Å². The van der Waals surface area contributed by atoms with Crippen molar-refractivity contribution in [3.05, 3.63) is 65.7 Å². The Labute approximate surface area is 182 Å². The first-order valence-corrected chi connectivity index (χ1v) is 9.94. The Balaban J connectivity index is 1.94. The van der Waals surface area contributed by atoms with E-state index in [1.165, 1.54) is 12.1 Å². The second kappa shape index (κ2) is 10.4. The van der Waals surface area contributed by atoms with Gasteiger partial charge >= 0.3 is 6.16 Å². The third kappa shape index (κ3) is 7.62. The first kappa shape index (κ1) is 23.7. The summed E-state index contributed by atoms with van der Waals surface area (Å²) in [5.41, 5.74) is 2.51. The minimum absolute atomic E-state index is 0.0748. The molecular formula is C24H28N2O5. The van der Waals surface area contributed by atoms with Gasteiger partial charge in [-0.05, 0) is 67.8 Å². The van der Waals surface area contributed by atoms with Crippen molar-refractivity contribution in [3.8, 4) is 5.75 Å². The lowest BCUT2D eigenvalue weighted by molar-refractivity contribution is -0.112. The maximum Gasteiger partial charge on any atom is 0.513 e. The van der Waals surface area contributed by atoms with Gasteiger partial charge in [-0.2, -0.15) is 0 Å². The molecule has 2 amide bonds. The summed E-state index contributed by atoms with van der Waals surface area (Å²) in [6.07, 6.45) is 0.793. The van der Waals surface area contributed by atoms with Gasteiger partial charge in [-0.1, -0.05) is 26.3 Å². The molecule has 7 heteroatoms. The van der Waals surface area contributed by atoms with Crippen LogP contribution >= 0.6 is 0 Å². The van der Waals surface area contributed by atoms with Crippen LogP contribution in [-0.2, 0) is 9.53 Å². The second-order valence-electron chi connectivity index (χ2n) is 7.91. The number of anilines is 2. The Hall–Kier alpha value is -3.61. The Morgan fingerprint density at radius 1 is 0.903 bits per heavy atom. The fourth-order valence-corrected chi connectivity index (χ4v) is 2.35. The van der Waals surface area contributed by atoms with Crippen molar-refractivity contribution in [3.63, 3.8) is 0 Å². The summed E-state index contributed by atoms with van der Waals surface area (Å²) in [5, 5.41) is 5.58. The molecule has 2 N–H and O–H groups in total. The number of ether oxygens (including phenoxy) is 2. The molecule has 0 radical (unpaired) electrons. The lowest BCUT2D eigenvalue weighted by atomic mass is 9.87. The number of rotatable bonds is 6. The van der Waals surface area contributed by atoms with E-state index in [0.717, 1.165) is 5.57 Å². The van der Waals surface area contributed by atoms with Crippen LogP contribution in [-0.4, -0.2) is 24.6 Å². The van der Waals surface area contributed by atoms with E-state index >= 15 is 0 Å². The Morgan fingerprint density at radius 2 is 1.45 bits per heavy atom. The molecule has 164 valence electrons. The largest absolute Gasteiger partial charge is 0.513 e. The van der Waals surface area contributed by atoms with Crippen molar-refractivity contribution in [2.45, 2.75) is 34.6 Å². The van der Waals surface area contributed by atoms with Gasteiger partial charge < -0.3 is 20.1 Å². The van der Waals surface area contributed by atoms with Crippen molar-refractivity contribution in [1.29, 1.82) is 0 Å². The molecule has 0 aliphatic heterocycles. The smallest absolute Gasteiger partial charge is 0.434 e. The van der Waals surface area contributed by atoms with Gasteiger partial charge in [0.15, 0.2) is 0 Å². The number of nitrogens with one attached hydrogen (secondary N) is 2. The molecule has 2 aromatic carbocycles. The predicted octanol–water partition coefficient (Wildman–Crippen LogP) is 5.41. The molecule has 0 atom stereocenters. The van der Waals surface area contributed by atoms with E-state index in [1.54, 1.807) is 49.4 Å². The fourth-order valence-electron chi connectivity index (χ4n) is 2.35. The highest BCUT2D eigenvalue weighted by Gasteiger charge is 2.14. The lowest BCUT2D eigenvalue weighted by Gasteiger charge is -2.19. The molecule has 0 saturated carbocycles. The number of benzene rings is 2. The zero-order valence-electron chi connectivity index (χ0n) is 18.4. The van der Waals surface area contributed by atoms with Crippen molar-refractivity contribution in [2.75, 3.05) is 17.2 Å². The van der Waals surface area contributed by atoms with Crippen molar-refractivity contribution >= 4 is 29.3 Å². The highest BCUT2D eigenvalue weighted by Crippen LogP contribution is 2.24. The monoisotopic (exact) mass is 424 g/mol. The third-order valence-electron chi connectivity index (χ3n) is 4.52. The minimum atomic E-state index is -0.795. The van der Waals surface area contributed by atoms with Crippen molar-refractivity contribution in [2.24, 2.45) is 5.41 Å². The highest BCUT2D eigenvalue weighted by atomic mass is 16.7. The Morgan fingerprint density at radius 3 is 1.97 bits per heavy atom. The number of allylic oxidation sites excluding steroid dienone is 1. The number of carbonyl (C=O) groups excluding carboxylic acids is 3. The third-order valence-corrected chi connectivity index (χ3v) is 4.52. The van der Waals surface area contributed by atoms with Gasteiger partial charge in [0.25, 0.3) is 5.91 Å². The second-order valence-corrected chi connectivity index (χ2v) is 7.91. The summed E-state index contributed by atoms with van der Waals surface area (Å²) < 4.78 is 9.66. The van der Waals surface area contributed by atoms with Crippen LogP contribution in [0.15, 0.2) is 60.2 Å². The van der Waals surface area contributed by atoms with Crippen LogP contribution in [0.1, 0.15) is 45.0 Å². The summed E-state index contributed by atoms with van der Waals surface area (Å²) in [5.74, 6) is -0.233. The average Bonchev–Trinajstić information content (AvgIpc) is 2.69. The van der Waals surface area contributed by atoms with E-state index in [-0.39, 0.29) is 29.6 Å². The van der Waals surface area contributed by atoms with Crippen molar-refractivity contribution in [1.82, 2.24) is 0 Å². The molecule has 7 nitrogen and oxygen atoms in total. The molecule has 0 aliphatic rings. The first-order valence-electron chi connectivity index (χ1n) is 9.94. The molecule has 0 heterocycles. The van der Waals surface area contributed by atoms with E-state index in [2.05, 4.69) is 10.6 Å². The maximum absolute atomic E-state index is 12.4. The van der Waals surface area contributed by atoms with Crippen LogP contribution in [0.3, 0.4) is 0 Å². The lowest BCUT2D eigenvalue weighted by Crippen LogP contribution is -2.14. The first-order chi connectivity index (χ1) is 14.6. The Kier molecular flexibility index (Phi) is 7.96. The molecule has 0 unspecified atom stereocenters. The standard InChI is InChI=1S/C24H28N2O5/c1-6-30-23(29)31-20-13-7-17(8-14-20)22(28)26-19-11-9-18(10-12-19)25-21(27)15-16(2)24(3,4)5/h7-15H,6H2,1-5H3,(H,25,27)(H,26,28)/b16-15+. The molecular weight excluding hydrogens is 396 g/mol. The molecule has 0 saturated heterocycles. The molecule has 0 aromatic heterocycles. The quantitative estimate of drug-likeness (QED) is 0.368. The zero-order chi connectivity index (χ0) is 23.0. The summed E-state index contributed by atoms with van der Waals surface area (Å²) >= 11 is 0. The number of hydrogen-bond acceptors (Lipinski definition) is 5. The molecule has 0 spiro atoms. The van der Waals surface area contributed by atoms with Crippen LogP contribution in [0.4, 0.5) is 16.2 Å². The maximum atomic E-state index is 12.4. The van der Waals surface area contributed by atoms with Crippen LogP contribution in [0.2, 0.25) is 0 Å². The molecule has 31 heavy (non-hydrogen) atoms. The van der Waals surface area contributed by atoms with Gasteiger partial charge in [0, 0.05) is 23.0 Å². The predicted molar refractivity (Wildman–Crippen MR) is 120 cm³/mol. The molecule has 0 bridgehead atoms. The van der Waals surface area contributed by atoms with Gasteiger partial charge in [0.05, 0.1) is 6.61 Å². The normalized spacial score (nSPS) is 11.5. The fraction of sp³-hybridized carbons (Fsp3) is 0.292. The van der Waals surface area contributed by atoms with Gasteiger partial charge in [-0.25, -0.2) is 4.79 Å². The Bertz CT molecular complexity index is 955. The van der Waals surface area contributed by atoms with Gasteiger partial charge in [-0.3, -0.25) is 9.59 Å². The van der Waals surface area contributed by atoms with E-state index in [4.69, 9.17) is 9.47 Å².